The van der Waals surface area contributed by atoms with Crippen molar-refractivity contribution in [1.82, 2.24) is 19.2 Å². The molecule has 0 aromatic carbocycles. The topological polar surface area (TPSA) is 35.1 Å². The molecule has 0 radical (unpaired) electrons. The molecule has 0 amide bonds. The minimum atomic E-state index is 0.970. The summed E-state index contributed by atoms with van der Waals surface area (Å²) in [7, 11) is 1.97. The fraction of sp³-hybridized carbons (Fsp3) is 0.167. The van der Waals surface area contributed by atoms with Gasteiger partial charge in [0.1, 0.15) is 0 Å². The minimum Gasteiger partial charge on any atom is -0.340 e. The molecule has 0 bridgehead atoms. The van der Waals surface area contributed by atoms with Gasteiger partial charge in [-0.05, 0) is 24.6 Å². The highest BCUT2D eigenvalue weighted by molar-refractivity contribution is 5.63. The number of pyridine rings is 1. The summed E-state index contributed by atoms with van der Waals surface area (Å²) in [6.45, 7) is 2.06. The van der Waals surface area contributed by atoms with Gasteiger partial charge in [0, 0.05) is 25.0 Å². The Morgan fingerprint density at radius 1 is 1.19 bits per heavy atom. The van der Waals surface area contributed by atoms with E-state index < -0.39 is 0 Å². The van der Waals surface area contributed by atoms with E-state index in [-0.39, 0.29) is 0 Å². The summed E-state index contributed by atoms with van der Waals surface area (Å²) in [5, 5.41) is 4.29. The second-order valence-electron chi connectivity index (χ2n) is 4.00. The predicted octanol–water partition coefficient (Wildman–Crippen LogP) is 2.04. The smallest absolute Gasteiger partial charge is 0.0951 e. The van der Waals surface area contributed by atoms with Crippen LogP contribution < -0.4 is 0 Å². The van der Waals surface area contributed by atoms with Crippen molar-refractivity contribution in [2.75, 3.05) is 0 Å². The normalized spacial score (nSPS) is 11.1. The Bertz CT molecular complexity index is 648. The van der Waals surface area contributed by atoms with Crippen molar-refractivity contribution in [3.8, 4) is 11.3 Å². The first-order valence-corrected chi connectivity index (χ1v) is 5.16. The van der Waals surface area contributed by atoms with Gasteiger partial charge in [0.15, 0.2) is 0 Å². The van der Waals surface area contributed by atoms with E-state index in [9.17, 15) is 0 Å². The average Bonchev–Trinajstić information content (AvgIpc) is 2.86. The molecule has 0 unspecified atom stereocenters. The highest BCUT2D eigenvalue weighted by atomic mass is 15.2. The SMILES string of the molecule is Cc1cnn2cc(-c3cn(C)cn3)ccc12. The largest absolute Gasteiger partial charge is 0.340 e. The quantitative estimate of drug-likeness (QED) is 0.618. The molecule has 0 aliphatic heterocycles. The lowest BCUT2D eigenvalue weighted by Crippen LogP contribution is -1.88. The van der Waals surface area contributed by atoms with Crippen molar-refractivity contribution in [3.05, 3.63) is 42.6 Å². The lowest BCUT2D eigenvalue weighted by Gasteiger charge is -1.98. The molecule has 0 saturated heterocycles. The molecular weight excluding hydrogens is 200 g/mol. The summed E-state index contributed by atoms with van der Waals surface area (Å²) in [4.78, 5) is 4.32. The molecule has 0 spiro atoms. The van der Waals surface area contributed by atoms with Gasteiger partial charge in [0.2, 0.25) is 0 Å². The fourth-order valence-electron chi connectivity index (χ4n) is 1.83. The van der Waals surface area contributed by atoms with E-state index >= 15 is 0 Å². The Labute approximate surface area is 93.2 Å². The molecule has 3 heterocycles. The van der Waals surface area contributed by atoms with Crippen molar-refractivity contribution in [3.63, 3.8) is 0 Å². The molecule has 3 aromatic rings. The van der Waals surface area contributed by atoms with E-state index in [0.29, 0.717) is 0 Å². The third kappa shape index (κ3) is 1.31. The Hall–Kier alpha value is -2.10. The van der Waals surface area contributed by atoms with Gasteiger partial charge in [-0.2, -0.15) is 5.10 Å². The number of hydrogen-bond donors (Lipinski definition) is 0. The minimum absolute atomic E-state index is 0.970. The molecular formula is C12H12N4. The van der Waals surface area contributed by atoms with Crippen molar-refractivity contribution >= 4 is 5.52 Å². The van der Waals surface area contributed by atoms with Gasteiger partial charge < -0.3 is 4.57 Å². The van der Waals surface area contributed by atoms with Crippen LogP contribution in [0, 0.1) is 6.92 Å². The van der Waals surface area contributed by atoms with Crippen molar-refractivity contribution in [1.29, 1.82) is 0 Å². The van der Waals surface area contributed by atoms with Crippen molar-refractivity contribution < 1.29 is 0 Å². The number of hydrogen-bond acceptors (Lipinski definition) is 2. The standard InChI is InChI=1S/C12H12N4/c1-9-5-14-16-6-10(3-4-12(9)16)11-7-15(2)8-13-11/h3-8H,1-2H3. The van der Waals surface area contributed by atoms with E-state index in [1.807, 2.05) is 34.7 Å². The van der Waals surface area contributed by atoms with E-state index in [1.165, 1.54) is 5.56 Å². The Kier molecular flexibility index (Phi) is 1.83. The molecule has 16 heavy (non-hydrogen) atoms. The van der Waals surface area contributed by atoms with Gasteiger partial charge in [-0.3, -0.25) is 0 Å². The first kappa shape index (κ1) is 9.15. The van der Waals surface area contributed by atoms with Crippen LogP contribution in [0.25, 0.3) is 16.8 Å². The molecule has 0 aliphatic rings. The van der Waals surface area contributed by atoms with Gasteiger partial charge >= 0.3 is 0 Å². The summed E-state index contributed by atoms with van der Waals surface area (Å²) >= 11 is 0. The number of nitrogens with zero attached hydrogens (tertiary/aromatic N) is 4. The molecule has 3 rings (SSSR count). The third-order valence-electron chi connectivity index (χ3n) is 2.71. The van der Waals surface area contributed by atoms with Crippen LogP contribution in [0.3, 0.4) is 0 Å². The van der Waals surface area contributed by atoms with Crippen LogP contribution in [0.5, 0.6) is 0 Å². The van der Waals surface area contributed by atoms with Crippen LogP contribution in [-0.2, 0) is 7.05 Å². The summed E-state index contributed by atoms with van der Waals surface area (Å²) in [6.07, 6.45) is 7.67. The Balaban J connectivity index is 2.18. The zero-order chi connectivity index (χ0) is 11.1. The van der Waals surface area contributed by atoms with Crippen LogP contribution in [-0.4, -0.2) is 19.2 Å². The summed E-state index contributed by atoms with van der Waals surface area (Å²) in [5.41, 5.74) is 4.38. The fourth-order valence-corrected chi connectivity index (χ4v) is 1.83. The highest BCUT2D eigenvalue weighted by Crippen LogP contribution is 2.18. The highest BCUT2D eigenvalue weighted by Gasteiger charge is 2.04. The zero-order valence-electron chi connectivity index (χ0n) is 9.25. The van der Waals surface area contributed by atoms with Crippen LogP contribution >= 0.6 is 0 Å². The number of fused-ring (bicyclic) bond motifs is 1. The summed E-state index contributed by atoms with van der Waals surface area (Å²) in [5.74, 6) is 0. The number of rotatable bonds is 1. The molecule has 80 valence electrons. The lowest BCUT2D eigenvalue weighted by atomic mass is 10.2. The maximum absolute atomic E-state index is 4.32. The maximum atomic E-state index is 4.32. The summed E-state index contributed by atoms with van der Waals surface area (Å²) in [6, 6.07) is 4.15. The molecule has 0 aliphatic carbocycles. The van der Waals surface area contributed by atoms with Crippen LogP contribution in [0.15, 0.2) is 37.1 Å². The number of aromatic nitrogens is 4. The molecule has 3 aromatic heterocycles. The van der Waals surface area contributed by atoms with Gasteiger partial charge in [0.25, 0.3) is 0 Å². The second-order valence-corrected chi connectivity index (χ2v) is 4.00. The molecule has 0 saturated carbocycles. The first-order chi connectivity index (χ1) is 7.74. The maximum Gasteiger partial charge on any atom is 0.0951 e. The van der Waals surface area contributed by atoms with E-state index in [2.05, 4.69) is 29.1 Å². The molecule has 4 nitrogen and oxygen atoms in total. The van der Waals surface area contributed by atoms with Gasteiger partial charge in [-0.1, -0.05) is 0 Å². The first-order valence-electron chi connectivity index (χ1n) is 5.16. The molecule has 4 heteroatoms. The second kappa shape index (κ2) is 3.20. The molecule has 0 atom stereocenters. The molecule has 0 fully saturated rings. The van der Waals surface area contributed by atoms with Crippen LogP contribution in [0.4, 0.5) is 0 Å². The number of imidazole rings is 1. The van der Waals surface area contributed by atoms with Crippen molar-refractivity contribution in [2.45, 2.75) is 6.92 Å². The Morgan fingerprint density at radius 2 is 2.06 bits per heavy atom. The van der Waals surface area contributed by atoms with Crippen molar-refractivity contribution in [2.24, 2.45) is 7.05 Å². The van der Waals surface area contributed by atoms with Crippen LogP contribution in [0.1, 0.15) is 5.56 Å². The average molecular weight is 212 g/mol. The zero-order valence-corrected chi connectivity index (χ0v) is 9.25. The Morgan fingerprint density at radius 3 is 2.81 bits per heavy atom. The number of aryl methyl sites for hydroxylation is 2. The van der Waals surface area contributed by atoms with E-state index in [1.54, 1.807) is 6.33 Å². The molecule has 0 N–H and O–H groups in total. The third-order valence-corrected chi connectivity index (χ3v) is 2.71. The van der Waals surface area contributed by atoms with Gasteiger partial charge in [-0.15, -0.1) is 0 Å². The van der Waals surface area contributed by atoms with E-state index in [0.717, 1.165) is 16.8 Å². The summed E-state index contributed by atoms with van der Waals surface area (Å²) < 4.78 is 3.83. The predicted molar refractivity (Wildman–Crippen MR) is 62.1 cm³/mol. The lowest BCUT2D eigenvalue weighted by molar-refractivity contribution is 0.913. The monoisotopic (exact) mass is 212 g/mol. The van der Waals surface area contributed by atoms with Gasteiger partial charge in [0.05, 0.1) is 23.7 Å². The van der Waals surface area contributed by atoms with Gasteiger partial charge in [-0.25, -0.2) is 9.50 Å². The van der Waals surface area contributed by atoms with E-state index in [4.69, 9.17) is 0 Å². The van der Waals surface area contributed by atoms with Crippen LogP contribution in [0.2, 0.25) is 0 Å².